The average Bonchev–Trinajstić information content (AvgIpc) is 2.67. The van der Waals surface area contributed by atoms with E-state index in [2.05, 4.69) is 15.3 Å². The molecule has 1 aromatic rings. The Hall–Kier alpha value is -1.36. The molecule has 0 aliphatic heterocycles. The Morgan fingerprint density at radius 1 is 1.53 bits per heavy atom. The third-order valence-corrected chi connectivity index (χ3v) is 2.45. The fourth-order valence-electron chi connectivity index (χ4n) is 1.52. The minimum absolute atomic E-state index is 0.0944. The highest BCUT2D eigenvalue weighted by molar-refractivity contribution is 5.75. The number of hydrogen-bond donors (Lipinski definition) is 1. The van der Waals surface area contributed by atoms with Crippen molar-refractivity contribution < 1.29 is 4.79 Å². The average molecular weight is 238 g/mol. The van der Waals surface area contributed by atoms with Crippen molar-refractivity contribution in [3.05, 3.63) is 18.0 Å². The second-order valence-electron chi connectivity index (χ2n) is 4.48. The summed E-state index contributed by atoms with van der Waals surface area (Å²) in [6, 6.07) is 1.94. The van der Waals surface area contributed by atoms with Crippen molar-refractivity contribution in [3.8, 4) is 0 Å². The number of nitrogens with zero attached hydrogens (tertiary/aromatic N) is 3. The van der Waals surface area contributed by atoms with Crippen molar-refractivity contribution in [2.75, 3.05) is 27.2 Å². The first-order chi connectivity index (χ1) is 8.08. The summed E-state index contributed by atoms with van der Waals surface area (Å²) >= 11 is 0. The number of aryl methyl sites for hydroxylation is 2. The largest absolute Gasteiger partial charge is 0.356 e. The van der Waals surface area contributed by atoms with Gasteiger partial charge in [-0.3, -0.25) is 9.48 Å². The molecule has 5 nitrogen and oxygen atoms in total. The molecule has 0 saturated carbocycles. The van der Waals surface area contributed by atoms with E-state index in [4.69, 9.17) is 0 Å². The van der Waals surface area contributed by atoms with Crippen LogP contribution in [0.3, 0.4) is 0 Å². The number of carbonyl (C=O) groups is 1. The molecule has 0 aliphatic carbocycles. The zero-order chi connectivity index (χ0) is 12.7. The Bertz CT molecular complexity index is 346. The van der Waals surface area contributed by atoms with Crippen LogP contribution in [-0.2, 0) is 11.3 Å². The second kappa shape index (κ2) is 7.06. The topological polar surface area (TPSA) is 50.2 Å². The van der Waals surface area contributed by atoms with Crippen LogP contribution in [0.15, 0.2) is 12.3 Å². The highest BCUT2D eigenvalue weighted by Gasteiger charge is 2.02. The minimum atomic E-state index is 0.0944. The van der Waals surface area contributed by atoms with Gasteiger partial charge in [0.1, 0.15) is 0 Å². The van der Waals surface area contributed by atoms with Gasteiger partial charge in [-0.05, 0) is 40.1 Å². The van der Waals surface area contributed by atoms with Crippen LogP contribution in [0.25, 0.3) is 0 Å². The van der Waals surface area contributed by atoms with Gasteiger partial charge >= 0.3 is 0 Å². The lowest BCUT2D eigenvalue weighted by Gasteiger charge is -2.09. The molecule has 0 bridgehead atoms. The van der Waals surface area contributed by atoms with E-state index >= 15 is 0 Å². The first-order valence-corrected chi connectivity index (χ1v) is 5.99. The SMILES string of the molecule is Cc1ccn(CCC(=O)NCCCN(C)C)n1. The lowest BCUT2D eigenvalue weighted by Crippen LogP contribution is -2.27. The fraction of sp³-hybridized carbons (Fsp3) is 0.667. The maximum atomic E-state index is 11.5. The number of hydrogen-bond acceptors (Lipinski definition) is 3. The van der Waals surface area contributed by atoms with Gasteiger partial charge in [0.25, 0.3) is 0 Å². The van der Waals surface area contributed by atoms with E-state index in [-0.39, 0.29) is 5.91 Å². The van der Waals surface area contributed by atoms with E-state index in [0.29, 0.717) is 13.0 Å². The zero-order valence-corrected chi connectivity index (χ0v) is 10.9. The lowest BCUT2D eigenvalue weighted by molar-refractivity contribution is -0.121. The van der Waals surface area contributed by atoms with Gasteiger partial charge in [-0.1, -0.05) is 0 Å². The highest BCUT2D eigenvalue weighted by Crippen LogP contribution is 1.94. The molecule has 1 amide bonds. The number of nitrogens with one attached hydrogen (secondary N) is 1. The molecule has 0 saturated heterocycles. The fourth-order valence-corrected chi connectivity index (χ4v) is 1.52. The van der Waals surface area contributed by atoms with Crippen molar-refractivity contribution in [1.29, 1.82) is 0 Å². The molecule has 0 aromatic carbocycles. The summed E-state index contributed by atoms with van der Waals surface area (Å²) in [5.41, 5.74) is 0.983. The molecule has 0 aliphatic rings. The molecule has 0 fully saturated rings. The predicted octanol–water partition coefficient (Wildman–Crippen LogP) is 0.650. The quantitative estimate of drug-likeness (QED) is 0.710. The maximum absolute atomic E-state index is 11.5. The molecular formula is C12H22N4O. The third-order valence-electron chi connectivity index (χ3n) is 2.45. The Labute approximate surface area is 103 Å². The lowest BCUT2D eigenvalue weighted by atomic mass is 10.3. The number of amides is 1. The molecule has 96 valence electrons. The normalized spacial score (nSPS) is 10.8. The van der Waals surface area contributed by atoms with Crippen molar-refractivity contribution in [2.45, 2.75) is 26.3 Å². The van der Waals surface area contributed by atoms with E-state index in [1.165, 1.54) is 0 Å². The smallest absolute Gasteiger partial charge is 0.221 e. The van der Waals surface area contributed by atoms with Crippen LogP contribution >= 0.6 is 0 Å². The van der Waals surface area contributed by atoms with Crippen LogP contribution < -0.4 is 5.32 Å². The van der Waals surface area contributed by atoms with Gasteiger partial charge in [0.15, 0.2) is 0 Å². The predicted molar refractivity (Wildman–Crippen MR) is 67.8 cm³/mol. The van der Waals surface area contributed by atoms with Gasteiger partial charge in [-0.2, -0.15) is 5.10 Å². The summed E-state index contributed by atoms with van der Waals surface area (Å²) in [6.07, 6.45) is 3.37. The van der Waals surface area contributed by atoms with Crippen LogP contribution in [-0.4, -0.2) is 47.8 Å². The number of carbonyl (C=O) groups excluding carboxylic acids is 1. The monoisotopic (exact) mass is 238 g/mol. The van der Waals surface area contributed by atoms with Gasteiger partial charge in [0, 0.05) is 25.7 Å². The summed E-state index contributed by atoms with van der Waals surface area (Å²) in [5.74, 6) is 0.0944. The van der Waals surface area contributed by atoms with Crippen LogP contribution in [0.5, 0.6) is 0 Å². The second-order valence-corrected chi connectivity index (χ2v) is 4.48. The van der Waals surface area contributed by atoms with E-state index < -0.39 is 0 Å². The first-order valence-electron chi connectivity index (χ1n) is 5.99. The van der Waals surface area contributed by atoms with E-state index in [1.807, 2.05) is 33.3 Å². The molecule has 0 unspecified atom stereocenters. The van der Waals surface area contributed by atoms with E-state index in [0.717, 1.165) is 25.2 Å². The Morgan fingerprint density at radius 2 is 2.29 bits per heavy atom. The molecular weight excluding hydrogens is 216 g/mol. The molecule has 0 spiro atoms. The highest BCUT2D eigenvalue weighted by atomic mass is 16.1. The summed E-state index contributed by atoms with van der Waals surface area (Å²) in [6.45, 7) is 4.33. The summed E-state index contributed by atoms with van der Waals surface area (Å²) in [5, 5.41) is 7.14. The van der Waals surface area contributed by atoms with Crippen molar-refractivity contribution >= 4 is 5.91 Å². The Morgan fingerprint density at radius 3 is 2.88 bits per heavy atom. The molecule has 0 atom stereocenters. The van der Waals surface area contributed by atoms with Crippen LogP contribution in [0.4, 0.5) is 0 Å². The standard InChI is InChI=1S/C12H22N4O/c1-11-5-9-16(14-11)10-6-12(17)13-7-4-8-15(2)3/h5,9H,4,6-8,10H2,1-3H3,(H,13,17). The molecule has 1 rings (SSSR count). The molecule has 0 radical (unpaired) electrons. The molecule has 17 heavy (non-hydrogen) atoms. The van der Waals surface area contributed by atoms with Crippen LogP contribution in [0, 0.1) is 6.92 Å². The molecule has 1 aromatic heterocycles. The van der Waals surface area contributed by atoms with Crippen LogP contribution in [0.1, 0.15) is 18.5 Å². The minimum Gasteiger partial charge on any atom is -0.356 e. The van der Waals surface area contributed by atoms with Gasteiger partial charge in [0.05, 0.1) is 5.69 Å². The zero-order valence-electron chi connectivity index (χ0n) is 10.9. The van der Waals surface area contributed by atoms with Crippen molar-refractivity contribution in [1.82, 2.24) is 20.0 Å². The summed E-state index contributed by atoms with van der Waals surface area (Å²) < 4.78 is 1.80. The summed E-state index contributed by atoms with van der Waals surface area (Å²) in [4.78, 5) is 13.6. The van der Waals surface area contributed by atoms with Gasteiger partial charge in [0.2, 0.25) is 5.91 Å². The Kier molecular flexibility index (Phi) is 5.69. The Balaban J connectivity index is 2.09. The van der Waals surface area contributed by atoms with E-state index in [1.54, 1.807) is 4.68 Å². The molecule has 1 N–H and O–H groups in total. The first kappa shape index (κ1) is 13.7. The van der Waals surface area contributed by atoms with Gasteiger partial charge in [-0.15, -0.1) is 0 Å². The van der Waals surface area contributed by atoms with Gasteiger partial charge < -0.3 is 10.2 Å². The number of aromatic nitrogens is 2. The summed E-state index contributed by atoms with van der Waals surface area (Å²) in [7, 11) is 4.06. The van der Waals surface area contributed by atoms with Crippen molar-refractivity contribution in [3.63, 3.8) is 0 Å². The maximum Gasteiger partial charge on any atom is 0.221 e. The van der Waals surface area contributed by atoms with Crippen molar-refractivity contribution in [2.24, 2.45) is 0 Å². The van der Waals surface area contributed by atoms with E-state index in [9.17, 15) is 4.79 Å². The number of rotatable bonds is 7. The molecule has 5 heteroatoms. The third kappa shape index (κ3) is 6.06. The van der Waals surface area contributed by atoms with Crippen LogP contribution in [0.2, 0.25) is 0 Å². The molecule has 1 heterocycles. The van der Waals surface area contributed by atoms with Gasteiger partial charge in [-0.25, -0.2) is 0 Å².